The summed E-state index contributed by atoms with van der Waals surface area (Å²) < 4.78 is 29.0. The average Bonchev–Trinajstić information content (AvgIpc) is 2.50. The van der Waals surface area contributed by atoms with E-state index in [0.29, 0.717) is 16.9 Å². The summed E-state index contributed by atoms with van der Waals surface area (Å²) in [6, 6.07) is 1.83. The van der Waals surface area contributed by atoms with E-state index >= 15 is 0 Å². The molecule has 3 rings (SSSR count). The van der Waals surface area contributed by atoms with Crippen LogP contribution in [0.4, 0.5) is 14.7 Å². The Hall–Kier alpha value is -1.50. The molecule has 0 N–H and O–H groups in total. The van der Waals surface area contributed by atoms with Crippen molar-refractivity contribution < 1.29 is 8.78 Å². The highest BCUT2D eigenvalue weighted by molar-refractivity contribution is 9.10. The number of benzene rings is 1. The van der Waals surface area contributed by atoms with E-state index in [9.17, 15) is 13.6 Å². The molecular weight excluding hydrogens is 368 g/mol. The molecule has 2 aromatic rings. The lowest BCUT2D eigenvalue weighted by atomic mass is 10.1. The van der Waals surface area contributed by atoms with Crippen LogP contribution in [0.1, 0.15) is 24.0 Å². The van der Waals surface area contributed by atoms with E-state index in [4.69, 9.17) is 0 Å². The van der Waals surface area contributed by atoms with Crippen LogP contribution in [0.25, 0.3) is 10.9 Å². The molecule has 0 amide bonds. The van der Waals surface area contributed by atoms with E-state index in [2.05, 4.69) is 20.9 Å². The molecule has 2 heterocycles. The number of piperidine rings is 1. The van der Waals surface area contributed by atoms with Crippen LogP contribution in [0, 0.1) is 13.8 Å². The maximum absolute atomic E-state index is 13.4. The predicted octanol–water partition coefficient (Wildman–Crippen LogP) is 3.55. The quantitative estimate of drug-likeness (QED) is 0.753. The normalized spacial score (nSPS) is 17.7. The Bertz CT molecular complexity index is 838. The minimum absolute atomic E-state index is 0.161. The summed E-state index contributed by atoms with van der Waals surface area (Å²) in [5.41, 5.74) is 2.46. The van der Waals surface area contributed by atoms with Gasteiger partial charge in [0.1, 0.15) is 0 Å². The molecule has 4 nitrogen and oxygen atoms in total. The van der Waals surface area contributed by atoms with Crippen LogP contribution in [-0.2, 0) is 7.05 Å². The summed E-state index contributed by atoms with van der Waals surface area (Å²) in [5.74, 6) is -2.18. The van der Waals surface area contributed by atoms with Gasteiger partial charge in [0.25, 0.3) is 11.5 Å². The lowest BCUT2D eigenvalue weighted by Crippen LogP contribution is -2.42. The zero-order valence-corrected chi connectivity index (χ0v) is 14.9. The van der Waals surface area contributed by atoms with Gasteiger partial charge >= 0.3 is 0 Å². The topological polar surface area (TPSA) is 38.1 Å². The van der Waals surface area contributed by atoms with Crippen molar-refractivity contribution in [2.24, 2.45) is 7.05 Å². The third kappa shape index (κ3) is 2.75. The highest BCUT2D eigenvalue weighted by Crippen LogP contribution is 2.32. The third-order valence-electron chi connectivity index (χ3n) is 4.57. The number of anilines is 1. The van der Waals surface area contributed by atoms with Crippen molar-refractivity contribution in [2.75, 3.05) is 18.0 Å². The number of aryl methyl sites for hydroxylation is 1. The molecule has 0 atom stereocenters. The van der Waals surface area contributed by atoms with Gasteiger partial charge in [-0.15, -0.1) is 0 Å². The van der Waals surface area contributed by atoms with Crippen molar-refractivity contribution in [3.8, 4) is 0 Å². The van der Waals surface area contributed by atoms with Crippen molar-refractivity contribution in [1.82, 2.24) is 9.55 Å². The fourth-order valence-electron chi connectivity index (χ4n) is 2.90. The smallest absolute Gasteiger partial charge is 0.262 e. The minimum Gasteiger partial charge on any atom is -0.342 e. The van der Waals surface area contributed by atoms with E-state index in [1.54, 1.807) is 11.9 Å². The lowest BCUT2D eigenvalue weighted by molar-refractivity contribution is -0.0223. The molecule has 0 aliphatic carbocycles. The van der Waals surface area contributed by atoms with E-state index in [1.807, 2.05) is 19.9 Å². The number of hydrogen-bond acceptors (Lipinski definition) is 3. The Balaban J connectivity index is 2.16. The van der Waals surface area contributed by atoms with Crippen molar-refractivity contribution >= 4 is 32.8 Å². The van der Waals surface area contributed by atoms with Crippen LogP contribution in [0.3, 0.4) is 0 Å². The number of fused-ring (bicyclic) bond motifs is 1. The molecule has 0 bridgehead atoms. The summed E-state index contributed by atoms with van der Waals surface area (Å²) in [5, 5.41) is 0.536. The van der Waals surface area contributed by atoms with Crippen molar-refractivity contribution in [2.45, 2.75) is 32.6 Å². The van der Waals surface area contributed by atoms with Gasteiger partial charge < -0.3 is 4.90 Å². The Kier molecular flexibility index (Phi) is 3.94. The second-order valence-electron chi connectivity index (χ2n) is 6.15. The van der Waals surface area contributed by atoms with E-state index in [0.717, 1.165) is 15.6 Å². The van der Waals surface area contributed by atoms with Gasteiger partial charge in [0, 0.05) is 37.5 Å². The monoisotopic (exact) mass is 385 g/mol. The maximum atomic E-state index is 13.4. The van der Waals surface area contributed by atoms with Gasteiger partial charge in [-0.25, -0.2) is 13.8 Å². The molecule has 1 aliphatic heterocycles. The molecule has 23 heavy (non-hydrogen) atoms. The molecule has 0 spiro atoms. The minimum atomic E-state index is -2.62. The van der Waals surface area contributed by atoms with Crippen molar-refractivity contribution in [3.05, 3.63) is 32.0 Å². The van der Waals surface area contributed by atoms with Gasteiger partial charge in [0.05, 0.1) is 10.9 Å². The maximum Gasteiger partial charge on any atom is 0.262 e. The number of hydrogen-bond donors (Lipinski definition) is 0. The third-order valence-corrected chi connectivity index (χ3v) is 5.54. The number of nitrogens with zero attached hydrogens (tertiary/aromatic N) is 3. The van der Waals surface area contributed by atoms with Crippen LogP contribution in [0.2, 0.25) is 0 Å². The highest BCUT2D eigenvalue weighted by Gasteiger charge is 2.35. The first-order valence-corrected chi connectivity index (χ1v) is 8.30. The van der Waals surface area contributed by atoms with Gasteiger partial charge in [0.15, 0.2) is 0 Å². The summed E-state index contributed by atoms with van der Waals surface area (Å²) in [4.78, 5) is 19.0. The Morgan fingerprint density at radius 1 is 1.26 bits per heavy atom. The zero-order chi connectivity index (χ0) is 16.9. The van der Waals surface area contributed by atoms with Crippen LogP contribution < -0.4 is 10.5 Å². The van der Waals surface area contributed by atoms with Gasteiger partial charge in [-0.3, -0.25) is 9.36 Å². The first kappa shape index (κ1) is 16.4. The average molecular weight is 386 g/mol. The Labute approximate surface area is 141 Å². The Morgan fingerprint density at radius 2 is 1.87 bits per heavy atom. The Morgan fingerprint density at radius 3 is 2.48 bits per heavy atom. The molecule has 0 unspecified atom stereocenters. The second-order valence-corrected chi connectivity index (χ2v) is 6.94. The molecular formula is C16H18BrF2N3O. The number of alkyl halides is 2. The van der Waals surface area contributed by atoms with Crippen LogP contribution >= 0.6 is 15.9 Å². The fraction of sp³-hybridized carbons (Fsp3) is 0.500. The van der Waals surface area contributed by atoms with Gasteiger partial charge in [-0.05, 0) is 47.0 Å². The summed E-state index contributed by atoms with van der Waals surface area (Å²) in [6.45, 7) is 4.29. The van der Waals surface area contributed by atoms with Crippen LogP contribution in [0.15, 0.2) is 15.3 Å². The summed E-state index contributed by atoms with van der Waals surface area (Å²) in [7, 11) is 1.64. The standard InChI is InChI=1S/C16H18BrF2N3O/c1-9-8-11-13(12(17)10(9)2)20-15(21(3)14(11)23)22-6-4-16(18,19)5-7-22/h8H,4-7H2,1-3H3. The van der Waals surface area contributed by atoms with Gasteiger partial charge in [-0.2, -0.15) is 0 Å². The van der Waals surface area contributed by atoms with Gasteiger partial charge in [-0.1, -0.05) is 0 Å². The molecule has 1 fully saturated rings. The van der Waals surface area contributed by atoms with E-state index in [-0.39, 0.29) is 31.5 Å². The summed E-state index contributed by atoms with van der Waals surface area (Å²) >= 11 is 3.52. The molecule has 1 saturated heterocycles. The molecule has 1 aromatic heterocycles. The van der Waals surface area contributed by atoms with Crippen molar-refractivity contribution in [3.63, 3.8) is 0 Å². The highest BCUT2D eigenvalue weighted by atomic mass is 79.9. The van der Waals surface area contributed by atoms with E-state index in [1.165, 1.54) is 4.57 Å². The zero-order valence-electron chi connectivity index (χ0n) is 13.3. The molecule has 0 saturated carbocycles. The molecule has 0 radical (unpaired) electrons. The lowest BCUT2D eigenvalue weighted by Gasteiger charge is -2.33. The first-order chi connectivity index (χ1) is 10.7. The van der Waals surface area contributed by atoms with Crippen LogP contribution in [0.5, 0.6) is 0 Å². The summed E-state index contributed by atoms with van der Waals surface area (Å²) in [6.07, 6.45) is -0.427. The fourth-order valence-corrected chi connectivity index (χ4v) is 3.51. The first-order valence-electron chi connectivity index (χ1n) is 7.50. The van der Waals surface area contributed by atoms with Gasteiger partial charge in [0.2, 0.25) is 5.95 Å². The molecule has 124 valence electrons. The molecule has 7 heteroatoms. The molecule has 1 aliphatic rings. The van der Waals surface area contributed by atoms with E-state index < -0.39 is 5.92 Å². The number of rotatable bonds is 1. The van der Waals surface area contributed by atoms with Crippen molar-refractivity contribution in [1.29, 1.82) is 0 Å². The number of halogens is 3. The second kappa shape index (κ2) is 5.54. The number of aromatic nitrogens is 2. The SMILES string of the molecule is Cc1cc2c(=O)n(C)c(N3CCC(F)(F)CC3)nc2c(Br)c1C. The van der Waals surface area contributed by atoms with Crippen LogP contribution in [-0.4, -0.2) is 28.6 Å². The largest absolute Gasteiger partial charge is 0.342 e. The molecule has 1 aromatic carbocycles. The predicted molar refractivity (Wildman–Crippen MR) is 90.6 cm³/mol.